The van der Waals surface area contributed by atoms with Crippen LogP contribution in [0.5, 0.6) is 5.75 Å². The highest BCUT2D eigenvalue weighted by Crippen LogP contribution is 2.20. The predicted octanol–water partition coefficient (Wildman–Crippen LogP) is 2.86. The van der Waals surface area contributed by atoms with E-state index in [-0.39, 0.29) is 0 Å². The molecule has 1 heterocycles. The first-order valence-corrected chi connectivity index (χ1v) is 5.60. The average Bonchev–Trinajstić information content (AvgIpc) is 2.67. The Kier molecular flexibility index (Phi) is 3.43. The van der Waals surface area contributed by atoms with E-state index in [4.69, 9.17) is 9.47 Å². The maximum absolute atomic E-state index is 5.66. The second-order valence-electron chi connectivity index (χ2n) is 3.50. The molecule has 2 rings (SSSR count). The Morgan fingerprint density at radius 1 is 1.50 bits per heavy atom. The maximum atomic E-state index is 5.66. The quantitative estimate of drug-likeness (QED) is 0.828. The Bertz CT molecular complexity index is 295. The van der Waals surface area contributed by atoms with Crippen molar-refractivity contribution >= 4 is 15.9 Å². The molecule has 0 aromatic heterocycles. The van der Waals surface area contributed by atoms with Crippen LogP contribution in [0.4, 0.5) is 0 Å². The van der Waals surface area contributed by atoms with Crippen molar-refractivity contribution in [2.75, 3.05) is 19.8 Å². The molecule has 1 unspecified atom stereocenters. The van der Waals surface area contributed by atoms with Gasteiger partial charge in [0.25, 0.3) is 0 Å². The predicted molar refractivity (Wildman–Crippen MR) is 58.6 cm³/mol. The number of benzene rings is 1. The van der Waals surface area contributed by atoms with Crippen molar-refractivity contribution in [3.8, 4) is 5.75 Å². The number of halogens is 1. The normalized spacial score (nSPS) is 21.1. The molecule has 76 valence electrons. The van der Waals surface area contributed by atoms with Crippen LogP contribution in [-0.2, 0) is 4.74 Å². The van der Waals surface area contributed by atoms with Gasteiger partial charge < -0.3 is 9.47 Å². The highest BCUT2D eigenvalue weighted by molar-refractivity contribution is 9.10. The Labute approximate surface area is 92.3 Å². The van der Waals surface area contributed by atoms with Gasteiger partial charge in [0.05, 0.1) is 13.2 Å². The summed E-state index contributed by atoms with van der Waals surface area (Å²) >= 11 is 3.41. The van der Waals surface area contributed by atoms with Crippen molar-refractivity contribution in [2.24, 2.45) is 5.92 Å². The molecule has 0 spiro atoms. The fourth-order valence-electron chi connectivity index (χ4n) is 1.49. The minimum absolute atomic E-state index is 0.564. The third-order valence-corrected chi connectivity index (χ3v) is 2.80. The Balaban J connectivity index is 1.85. The summed E-state index contributed by atoms with van der Waals surface area (Å²) in [6.07, 6.45) is 1.12. The van der Waals surface area contributed by atoms with Crippen LogP contribution in [-0.4, -0.2) is 19.8 Å². The third-order valence-electron chi connectivity index (χ3n) is 2.31. The van der Waals surface area contributed by atoms with E-state index >= 15 is 0 Å². The molecular formula is C11H13BrO2. The van der Waals surface area contributed by atoms with Crippen molar-refractivity contribution in [3.63, 3.8) is 0 Å². The van der Waals surface area contributed by atoms with Crippen molar-refractivity contribution in [1.82, 2.24) is 0 Å². The summed E-state index contributed by atoms with van der Waals surface area (Å²) in [6.45, 7) is 2.48. The Hall–Kier alpha value is -0.540. The summed E-state index contributed by atoms with van der Waals surface area (Å²) in [4.78, 5) is 0. The standard InChI is InChI=1S/C11H13BrO2/c12-10-2-1-3-11(6-10)14-8-9-4-5-13-7-9/h1-3,6,9H,4-5,7-8H2. The van der Waals surface area contributed by atoms with E-state index in [0.29, 0.717) is 5.92 Å². The summed E-state index contributed by atoms with van der Waals surface area (Å²) in [6, 6.07) is 7.92. The van der Waals surface area contributed by atoms with Gasteiger partial charge in [-0.15, -0.1) is 0 Å². The zero-order valence-corrected chi connectivity index (χ0v) is 9.50. The summed E-state index contributed by atoms with van der Waals surface area (Å²) < 4.78 is 12.0. The first-order chi connectivity index (χ1) is 6.84. The van der Waals surface area contributed by atoms with Gasteiger partial charge >= 0.3 is 0 Å². The SMILES string of the molecule is Brc1cccc(OCC2CCOC2)c1. The van der Waals surface area contributed by atoms with Gasteiger partial charge in [-0.3, -0.25) is 0 Å². The van der Waals surface area contributed by atoms with Gasteiger partial charge in [0.2, 0.25) is 0 Å². The van der Waals surface area contributed by atoms with Crippen LogP contribution >= 0.6 is 15.9 Å². The summed E-state index contributed by atoms with van der Waals surface area (Å²) in [5.74, 6) is 1.49. The minimum atomic E-state index is 0.564. The fraction of sp³-hybridized carbons (Fsp3) is 0.455. The first-order valence-electron chi connectivity index (χ1n) is 4.81. The van der Waals surface area contributed by atoms with E-state index in [1.807, 2.05) is 24.3 Å². The molecule has 1 saturated heterocycles. The molecule has 1 aromatic carbocycles. The van der Waals surface area contributed by atoms with Crippen LogP contribution in [0, 0.1) is 5.92 Å². The number of rotatable bonds is 3. The van der Waals surface area contributed by atoms with Crippen LogP contribution in [0.1, 0.15) is 6.42 Å². The van der Waals surface area contributed by atoms with Gasteiger partial charge in [0, 0.05) is 17.0 Å². The molecule has 1 fully saturated rings. The van der Waals surface area contributed by atoms with E-state index in [1.54, 1.807) is 0 Å². The van der Waals surface area contributed by atoms with E-state index in [0.717, 1.165) is 36.5 Å². The van der Waals surface area contributed by atoms with E-state index < -0.39 is 0 Å². The summed E-state index contributed by atoms with van der Waals surface area (Å²) in [5, 5.41) is 0. The van der Waals surface area contributed by atoms with Crippen LogP contribution in [0.15, 0.2) is 28.7 Å². The van der Waals surface area contributed by atoms with Crippen molar-refractivity contribution in [1.29, 1.82) is 0 Å². The third kappa shape index (κ3) is 2.72. The molecule has 1 aliphatic rings. The summed E-state index contributed by atoms with van der Waals surface area (Å²) in [5.41, 5.74) is 0. The molecule has 3 heteroatoms. The topological polar surface area (TPSA) is 18.5 Å². The average molecular weight is 257 g/mol. The highest BCUT2D eigenvalue weighted by Gasteiger charge is 2.15. The van der Waals surface area contributed by atoms with E-state index in [1.165, 1.54) is 0 Å². The van der Waals surface area contributed by atoms with Gasteiger partial charge in [-0.05, 0) is 24.6 Å². The molecule has 1 atom stereocenters. The summed E-state index contributed by atoms with van der Waals surface area (Å²) in [7, 11) is 0. The van der Waals surface area contributed by atoms with Gasteiger partial charge in [0.15, 0.2) is 0 Å². The van der Waals surface area contributed by atoms with Gasteiger partial charge in [-0.25, -0.2) is 0 Å². The fourth-order valence-corrected chi connectivity index (χ4v) is 1.86. The molecule has 0 radical (unpaired) electrons. The molecule has 0 saturated carbocycles. The largest absolute Gasteiger partial charge is 0.493 e. The lowest BCUT2D eigenvalue weighted by Gasteiger charge is -2.10. The van der Waals surface area contributed by atoms with E-state index in [2.05, 4.69) is 15.9 Å². The molecule has 1 aromatic rings. The second kappa shape index (κ2) is 4.80. The first kappa shape index (κ1) is 9.99. The van der Waals surface area contributed by atoms with Crippen molar-refractivity contribution in [2.45, 2.75) is 6.42 Å². The van der Waals surface area contributed by atoms with Crippen molar-refractivity contribution in [3.05, 3.63) is 28.7 Å². The zero-order chi connectivity index (χ0) is 9.80. The highest BCUT2D eigenvalue weighted by atomic mass is 79.9. The van der Waals surface area contributed by atoms with Crippen molar-refractivity contribution < 1.29 is 9.47 Å². The van der Waals surface area contributed by atoms with Gasteiger partial charge in [-0.1, -0.05) is 22.0 Å². The lowest BCUT2D eigenvalue weighted by Crippen LogP contribution is -2.11. The Morgan fingerprint density at radius 2 is 2.43 bits per heavy atom. The molecule has 0 bridgehead atoms. The maximum Gasteiger partial charge on any atom is 0.120 e. The monoisotopic (exact) mass is 256 g/mol. The van der Waals surface area contributed by atoms with Crippen LogP contribution < -0.4 is 4.74 Å². The lowest BCUT2D eigenvalue weighted by molar-refractivity contribution is 0.167. The van der Waals surface area contributed by atoms with Crippen LogP contribution in [0.25, 0.3) is 0 Å². The molecule has 14 heavy (non-hydrogen) atoms. The van der Waals surface area contributed by atoms with Gasteiger partial charge in [-0.2, -0.15) is 0 Å². The number of hydrogen-bond donors (Lipinski definition) is 0. The van der Waals surface area contributed by atoms with Crippen LogP contribution in [0.3, 0.4) is 0 Å². The number of hydrogen-bond acceptors (Lipinski definition) is 2. The molecular weight excluding hydrogens is 244 g/mol. The minimum Gasteiger partial charge on any atom is -0.493 e. The van der Waals surface area contributed by atoms with Crippen LogP contribution in [0.2, 0.25) is 0 Å². The lowest BCUT2D eigenvalue weighted by atomic mass is 10.1. The molecule has 1 aliphatic heterocycles. The number of ether oxygens (including phenoxy) is 2. The van der Waals surface area contributed by atoms with Gasteiger partial charge in [0.1, 0.15) is 5.75 Å². The molecule has 0 amide bonds. The second-order valence-corrected chi connectivity index (χ2v) is 4.41. The Morgan fingerprint density at radius 3 is 3.14 bits per heavy atom. The zero-order valence-electron chi connectivity index (χ0n) is 7.91. The smallest absolute Gasteiger partial charge is 0.120 e. The molecule has 0 aliphatic carbocycles. The molecule has 2 nitrogen and oxygen atoms in total. The molecule has 0 N–H and O–H groups in total. The van der Waals surface area contributed by atoms with E-state index in [9.17, 15) is 0 Å².